The molecule has 78 valence electrons. The topological polar surface area (TPSA) is 53.1 Å². The number of benzene rings is 1. The molecular weight excluding hydrogens is 210 g/mol. The molecule has 1 unspecified atom stereocenters. The van der Waals surface area contributed by atoms with E-state index in [4.69, 9.17) is 0 Å². The van der Waals surface area contributed by atoms with Gasteiger partial charge in [0.05, 0.1) is 6.10 Å². The lowest BCUT2D eigenvalue weighted by Gasteiger charge is -2.08. The molecule has 1 heterocycles. The van der Waals surface area contributed by atoms with Crippen molar-refractivity contribution in [1.29, 1.82) is 0 Å². The van der Waals surface area contributed by atoms with Gasteiger partial charge in [-0.2, -0.15) is 0 Å². The van der Waals surface area contributed by atoms with Crippen molar-refractivity contribution in [3.63, 3.8) is 0 Å². The summed E-state index contributed by atoms with van der Waals surface area (Å²) in [5.74, 6) is 0. The van der Waals surface area contributed by atoms with Crippen LogP contribution >= 0.6 is 11.3 Å². The Hall–Kier alpha value is -1.39. The maximum atomic E-state index is 10.9. The molecule has 0 saturated heterocycles. The summed E-state index contributed by atoms with van der Waals surface area (Å²) < 4.78 is 0. The Morgan fingerprint density at radius 1 is 1.33 bits per heavy atom. The fraction of sp³-hybridized carbons (Fsp3) is 0.182. The third-order valence-corrected chi connectivity index (χ3v) is 2.89. The predicted octanol–water partition coefficient (Wildman–Crippen LogP) is 1.71. The maximum Gasteiger partial charge on any atom is 0.304 e. The zero-order chi connectivity index (χ0) is 10.7. The molecule has 2 rings (SSSR count). The van der Waals surface area contributed by atoms with Gasteiger partial charge in [0, 0.05) is 17.5 Å². The molecular formula is C11H11NO2S. The van der Waals surface area contributed by atoms with E-state index in [0.717, 1.165) is 22.6 Å². The van der Waals surface area contributed by atoms with Gasteiger partial charge in [0.2, 0.25) is 0 Å². The van der Waals surface area contributed by atoms with Crippen molar-refractivity contribution in [1.82, 2.24) is 4.98 Å². The molecule has 0 amide bonds. The van der Waals surface area contributed by atoms with Gasteiger partial charge in [0.25, 0.3) is 0 Å². The summed E-state index contributed by atoms with van der Waals surface area (Å²) in [4.78, 5) is 13.5. The van der Waals surface area contributed by atoms with Crippen LogP contribution < -0.4 is 4.87 Å². The average molecular weight is 221 g/mol. The normalized spacial score (nSPS) is 12.6. The summed E-state index contributed by atoms with van der Waals surface area (Å²) in [7, 11) is 0. The van der Waals surface area contributed by atoms with Crippen LogP contribution in [0.1, 0.15) is 17.4 Å². The number of thiazole rings is 1. The highest BCUT2D eigenvalue weighted by Crippen LogP contribution is 2.16. The van der Waals surface area contributed by atoms with Gasteiger partial charge in [-0.15, -0.1) is 0 Å². The predicted molar refractivity (Wildman–Crippen MR) is 60.0 cm³/mol. The van der Waals surface area contributed by atoms with Gasteiger partial charge in [-0.25, -0.2) is 0 Å². The number of aliphatic hydroxyl groups excluding tert-OH is 1. The molecule has 0 saturated carbocycles. The second-order valence-electron chi connectivity index (χ2n) is 3.30. The molecule has 1 aromatic heterocycles. The van der Waals surface area contributed by atoms with Crippen LogP contribution in [0, 0.1) is 0 Å². The summed E-state index contributed by atoms with van der Waals surface area (Å²) >= 11 is 1.12. The molecule has 0 fully saturated rings. The summed E-state index contributed by atoms with van der Waals surface area (Å²) in [5.41, 5.74) is 1.64. The van der Waals surface area contributed by atoms with Crippen LogP contribution in [0.25, 0.3) is 0 Å². The van der Waals surface area contributed by atoms with E-state index in [2.05, 4.69) is 4.98 Å². The second kappa shape index (κ2) is 4.42. The van der Waals surface area contributed by atoms with E-state index in [1.165, 1.54) is 0 Å². The van der Waals surface area contributed by atoms with Gasteiger partial charge in [0.15, 0.2) is 0 Å². The number of H-pyrrole nitrogens is 1. The van der Waals surface area contributed by atoms with Crippen molar-refractivity contribution in [2.24, 2.45) is 0 Å². The summed E-state index contributed by atoms with van der Waals surface area (Å²) in [6.07, 6.45) is -0.112. The molecule has 0 aliphatic carbocycles. The molecule has 0 aliphatic heterocycles. The van der Waals surface area contributed by atoms with Crippen LogP contribution in [-0.4, -0.2) is 10.1 Å². The van der Waals surface area contributed by atoms with Gasteiger partial charge in [-0.3, -0.25) is 4.79 Å². The number of aliphatic hydroxyl groups is 1. The first kappa shape index (κ1) is 10.1. The van der Waals surface area contributed by atoms with Gasteiger partial charge in [-0.05, 0) is 5.56 Å². The van der Waals surface area contributed by atoms with Crippen molar-refractivity contribution in [3.05, 3.63) is 56.6 Å². The molecule has 2 aromatic rings. The standard InChI is InChI=1S/C11H11NO2S/c13-10(8-4-2-1-3-5-8)6-9-7-15-11(14)12-9/h1-5,7,10,13H,6H2,(H,12,14). The van der Waals surface area contributed by atoms with Crippen molar-refractivity contribution < 1.29 is 5.11 Å². The summed E-state index contributed by atoms with van der Waals surface area (Å²) in [6.45, 7) is 0. The molecule has 0 aliphatic rings. The second-order valence-corrected chi connectivity index (χ2v) is 4.15. The highest BCUT2D eigenvalue weighted by molar-refractivity contribution is 7.07. The smallest absolute Gasteiger partial charge is 0.304 e. The van der Waals surface area contributed by atoms with Gasteiger partial charge < -0.3 is 10.1 Å². The Morgan fingerprint density at radius 3 is 2.67 bits per heavy atom. The van der Waals surface area contributed by atoms with Gasteiger partial charge in [-0.1, -0.05) is 41.7 Å². The van der Waals surface area contributed by atoms with Crippen molar-refractivity contribution >= 4 is 11.3 Å². The summed E-state index contributed by atoms with van der Waals surface area (Å²) in [6, 6.07) is 9.41. The monoisotopic (exact) mass is 221 g/mol. The first-order valence-electron chi connectivity index (χ1n) is 4.65. The van der Waals surface area contributed by atoms with Crippen LogP contribution in [0.2, 0.25) is 0 Å². The van der Waals surface area contributed by atoms with E-state index in [9.17, 15) is 9.90 Å². The average Bonchev–Trinajstić information content (AvgIpc) is 2.65. The SMILES string of the molecule is O=c1[nH]c(CC(O)c2ccccc2)cs1. The molecule has 3 nitrogen and oxygen atoms in total. The van der Waals surface area contributed by atoms with Crippen LogP contribution in [0.4, 0.5) is 0 Å². The highest BCUT2D eigenvalue weighted by atomic mass is 32.1. The molecule has 2 N–H and O–H groups in total. The van der Waals surface area contributed by atoms with Crippen molar-refractivity contribution in [3.8, 4) is 0 Å². The Morgan fingerprint density at radius 2 is 2.07 bits per heavy atom. The van der Waals surface area contributed by atoms with E-state index in [1.54, 1.807) is 5.38 Å². The number of aromatic amines is 1. The van der Waals surface area contributed by atoms with E-state index in [1.807, 2.05) is 30.3 Å². The molecule has 15 heavy (non-hydrogen) atoms. The van der Waals surface area contributed by atoms with Crippen molar-refractivity contribution in [2.75, 3.05) is 0 Å². The lowest BCUT2D eigenvalue weighted by atomic mass is 10.1. The van der Waals surface area contributed by atoms with Crippen molar-refractivity contribution in [2.45, 2.75) is 12.5 Å². The number of rotatable bonds is 3. The summed E-state index contributed by atoms with van der Waals surface area (Å²) in [5, 5.41) is 11.6. The minimum atomic E-state index is -0.559. The number of hydrogen-bond donors (Lipinski definition) is 2. The first-order chi connectivity index (χ1) is 7.25. The Bertz CT molecular complexity index is 475. The van der Waals surface area contributed by atoms with E-state index >= 15 is 0 Å². The quantitative estimate of drug-likeness (QED) is 0.829. The molecule has 1 atom stereocenters. The largest absolute Gasteiger partial charge is 0.388 e. The lowest BCUT2D eigenvalue weighted by molar-refractivity contribution is 0.177. The van der Waals surface area contributed by atoms with E-state index in [0.29, 0.717) is 6.42 Å². The van der Waals surface area contributed by atoms with Crippen LogP contribution in [-0.2, 0) is 6.42 Å². The molecule has 0 radical (unpaired) electrons. The molecule has 0 bridgehead atoms. The number of nitrogens with one attached hydrogen (secondary N) is 1. The van der Waals surface area contributed by atoms with E-state index < -0.39 is 6.10 Å². The van der Waals surface area contributed by atoms with Crippen LogP contribution in [0.15, 0.2) is 40.5 Å². The minimum absolute atomic E-state index is 0.0785. The van der Waals surface area contributed by atoms with E-state index in [-0.39, 0.29) is 4.87 Å². The van der Waals surface area contributed by atoms with Gasteiger partial charge >= 0.3 is 4.87 Å². The first-order valence-corrected chi connectivity index (χ1v) is 5.53. The fourth-order valence-corrected chi connectivity index (χ4v) is 2.01. The molecule has 0 spiro atoms. The molecule has 1 aromatic carbocycles. The maximum absolute atomic E-state index is 10.9. The third kappa shape index (κ3) is 2.55. The Kier molecular flexibility index (Phi) is 2.99. The Balaban J connectivity index is 2.10. The van der Waals surface area contributed by atoms with Crippen LogP contribution in [0.5, 0.6) is 0 Å². The third-order valence-electron chi connectivity index (χ3n) is 2.17. The number of aromatic nitrogens is 1. The zero-order valence-electron chi connectivity index (χ0n) is 8.01. The van der Waals surface area contributed by atoms with Gasteiger partial charge in [0.1, 0.15) is 0 Å². The minimum Gasteiger partial charge on any atom is -0.388 e. The lowest BCUT2D eigenvalue weighted by Crippen LogP contribution is -2.03. The Labute approximate surface area is 91.0 Å². The zero-order valence-corrected chi connectivity index (χ0v) is 8.83. The van der Waals surface area contributed by atoms with Crippen LogP contribution in [0.3, 0.4) is 0 Å². The highest BCUT2D eigenvalue weighted by Gasteiger charge is 2.08. The molecule has 4 heteroatoms. The number of hydrogen-bond acceptors (Lipinski definition) is 3. The fourth-order valence-electron chi connectivity index (χ4n) is 1.42.